The van der Waals surface area contributed by atoms with Gasteiger partial charge in [-0.1, -0.05) is 27.7 Å². The van der Waals surface area contributed by atoms with E-state index in [-0.39, 0.29) is 5.92 Å². The van der Waals surface area contributed by atoms with Crippen molar-refractivity contribution in [2.75, 3.05) is 11.2 Å². The van der Waals surface area contributed by atoms with Gasteiger partial charge in [0.1, 0.15) is 5.82 Å². The fourth-order valence-corrected chi connectivity index (χ4v) is 0.799. The molecule has 1 aromatic heterocycles. The number of hydrazine groups is 1. The third-order valence-electron chi connectivity index (χ3n) is 1.49. The summed E-state index contributed by atoms with van der Waals surface area (Å²) in [6.07, 6.45) is 1.55. The lowest BCUT2D eigenvalue weighted by atomic mass is 10.2. The van der Waals surface area contributed by atoms with E-state index in [2.05, 4.69) is 15.4 Å². The molecule has 0 saturated heterocycles. The Balaban J connectivity index is 0.000000791. The highest BCUT2D eigenvalue weighted by Gasteiger charge is 2.05. The molecule has 0 spiro atoms. The van der Waals surface area contributed by atoms with Gasteiger partial charge in [-0.15, -0.1) is 0 Å². The lowest BCUT2D eigenvalue weighted by molar-refractivity contribution is 0.776. The van der Waals surface area contributed by atoms with Gasteiger partial charge in [0.25, 0.3) is 0 Å². The molecule has 0 aliphatic carbocycles. The quantitative estimate of drug-likeness (QED) is 0.493. The van der Waals surface area contributed by atoms with E-state index in [1.54, 1.807) is 6.20 Å². The third-order valence-corrected chi connectivity index (χ3v) is 1.49. The molecule has 0 radical (unpaired) electrons. The van der Waals surface area contributed by atoms with Crippen LogP contribution in [0, 0.1) is 0 Å². The molecular formula is C9H19N5. The fraction of sp³-hybridized carbons (Fsp3) is 0.556. The molecule has 0 saturated carbocycles. The molecule has 5 N–H and O–H groups in total. The van der Waals surface area contributed by atoms with E-state index in [0.717, 1.165) is 5.82 Å². The van der Waals surface area contributed by atoms with Crippen molar-refractivity contribution in [2.24, 2.45) is 5.84 Å². The predicted molar refractivity (Wildman–Crippen MR) is 59.7 cm³/mol. The first-order valence-corrected chi connectivity index (χ1v) is 4.74. The van der Waals surface area contributed by atoms with Crippen molar-refractivity contribution in [3.05, 3.63) is 12.0 Å². The van der Waals surface area contributed by atoms with Crippen LogP contribution in [0.25, 0.3) is 0 Å². The van der Waals surface area contributed by atoms with Gasteiger partial charge in [-0.05, 0) is 0 Å². The highest BCUT2D eigenvalue weighted by Crippen LogP contribution is 2.16. The second kappa shape index (κ2) is 6.15. The van der Waals surface area contributed by atoms with Gasteiger partial charge >= 0.3 is 0 Å². The zero-order chi connectivity index (χ0) is 11.1. The van der Waals surface area contributed by atoms with Crippen molar-refractivity contribution in [1.82, 2.24) is 9.97 Å². The third kappa shape index (κ3) is 3.18. The summed E-state index contributed by atoms with van der Waals surface area (Å²) in [4.78, 5) is 8.17. The molecule has 0 aliphatic rings. The Labute approximate surface area is 84.9 Å². The average molecular weight is 197 g/mol. The minimum Gasteiger partial charge on any atom is -0.394 e. The van der Waals surface area contributed by atoms with Crippen LogP contribution in [0.2, 0.25) is 0 Å². The van der Waals surface area contributed by atoms with Crippen LogP contribution in [-0.4, -0.2) is 9.97 Å². The summed E-state index contributed by atoms with van der Waals surface area (Å²) in [6, 6.07) is 0. The Bertz CT molecular complexity index is 272. The molecule has 1 aromatic rings. The zero-order valence-corrected chi connectivity index (χ0v) is 9.20. The van der Waals surface area contributed by atoms with Crippen molar-refractivity contribution in [3.63, 3.8) is 0 Å². The van der Waals surface area contributed by atoms with Crippen molar-refractivity contribution >= 4 is 11.5 Å². The standard InChI is InChI=1S/C7H13N5.C2H6/c1-4(2)6-10-3-5(8)7(11-6)12-9;1-2/h3-4H,8-9H2,1-2H3,(H,10,11,12);1-2H3. The number of nitrogens with one attached hydrogen (secondary N) is 1. The topological polar surface area (TPSA) is 89.8 Å². The van der Waals surface area contributed by atoms with Gasteiger partial charge in [0.15, 0.2) is 5.82 Å². The van der Waals surface area contributed by atoms with Crippen molar-refractivity contribution in [1.29, 1.82) is 0 Å². The second-order valence-corrected chi connectivity index (χ2v) is 2.83. The number of anilines is 2. The van der Waals surface area contributed by atoms with Gasteiger partial charge in [0.05, 0.1) is 11.9 Å². The number of nitrogens with zero attached hydrogens (tertiary/aromatic N) is 2. The monoisotopic (exact) mass is 197 g/mol. The van der Waals surface area contributed by atoms with Crippen LogP contribution in [0.5, 0.6) is 0 Å². The minimum atomic E-state index is 0.276. The maximum atomic E-state index is 5.53. The Hall–Kier alpha value is -1.36. The number of rotatable bonds is 2. The van der Waals surface area contributed by atoms with Crippen LogP contribution < -0.4 is 17.0 Å². The van der Waals surface area contributed by atoms with Gasteiger partial charge in [-0.2, -0.15) is 0 Å². The Morgan fingerprint density at radius 2 is 1.93 bits per heavy atom. The highest BCUT2D eigenvalue weighted by atomic mass is 15.3. The molecule has 5 heteroatoms. The molecule has 1 heterocycles. The largest absolute Gasteiger partial charge is 0.394 e. The second-order valence-electron chi connectivity index (χ2n) is 2.83. The summed E-state index contributed by atoms with van der Waals surface area (Å²) in [5, 5.41) is 0. The van der Waals surface area contributed by atoms with Gasteiger partial charge in [0.2, 0.25) is 0 Å². The molecule has 0 aromatic carbocycles. The summed E-state index contributed by atoms with van der Waals surface area (Å²) in [5.74, 6) is 6.69. The highest BCUT2D eigenvalue weighted by molar-refractivity contribution is 5.58. The van der Waals surface area contributed by atoms with Crippen molar-refractivity contribution < 1.29 is 0 Å². The van der Waals surface area contributed by atoms with Crippen molar-refractivity contribution in [2.45, 2.75) is 33.6 Å². The van der Waals surface area contributed by atoms with Gasteiger partial charge in [-0.3, -0.25) is 0 Å². The van der Waals surface area contributed by atoms with Gasteiger partial charge < -0.3 is 11.2 Å². The normalized spacial score (nSPS) is 9.29. The van der Waals surface area contributed by atoms with E-state index in [9.17, 15) is 0 Å². The molecule has 0 bridgehead atoms. The first kappa shape index (κ1) is 12.6. The number of aromatic nitrogens is 2. The van der Waals surface area contributed by atoms with Crippen LogP contribution in [-0.2, 0) is 0 Å². The molecule has 5 nitrogen and oxygen atoms in total. The molecular weight excluding hydrogens is 178 g/mol. The minimum absolute atomic E-state index is 0.276. The molecule has 14 heavy (non-hydrogen) atoms. The molecule has 0 atom stereocenters. The van der Waals surface area contributed by atoms with E-state index >= 15 is 0 Å². The zero-order valence-electron chi connectivity index (χ0n) is 9.20. The Morgan fingerprint density at radius 3 is 2.36 bits per heavy atom. The lowest BCUT2D eigenvalue weighted by Crippen LogP contribution is -2.13. The Kier molecular flexibility index (Phi) is 5.55. The summed E-state index contributed by atoms with van der Waals surface area (Å²) < 4.78 is 0. The lowest BCUT2D eigenvalue weighted by Gasteiger charge is -2.07. The van der Waals surface area contributed by atoms with E-state index in [1.165, 1.54) is 0 Å². The van der Waals surface area contributed by atoms with Gasteiger partial charge in [-0.25, -0.2) is 15.8 Å². The summed E-state index contributed by atoms with van der Waals surface area (Å²) in [5.41, 5.74) is 8.41. The van der Waals surface area contributed by atoms with E-state index in [1.807, 2.05) is 27.7 Å². The molecule has 0 fully saturated rings. The van der Waals surface area contributed by atoms with Crippen LogP contribution >= 0.6 is 0 Å². The smallest absolute Gasteiger partial charge is 0.166 e. The van der Waals surface area contributed by atoms with Crippen LogP contribution in [0.4, 0.5) is 11.5 Å². The summed E-state index contributed by atoms with van der Waals surface area (Å²) in [7, 11) is 0. The number of hydrogen-bond acceptors (Lipinski definition) is 5. The maximum absolute atomic E-state index is 5.53. The van der Waals surface area contributed by atoms with E-state index < -0.39 is 0 Å². The predicted octanol–water partition coefficient (Wildman–Crippen LogP) is 1.49. The maximum Gasteiger partial charge on any atom is 0.166 e. The van der Waals surface area contributed by atoms with Crippen LogP contribution in [0.3, 0.4) is 0 Å². The van der Waals surface area contributed by atoms with Gasteiger partial charge in [0, 0.05) is 5.92 Å². The Morgan fingerprint density at radius 1 is 1.36 bits per heavy atom. The first-order chi connectivity index (χ1) is 6.65. The average Bonchev–Trinajstić information content (AvgIpc) is 2.21. The summed E-state index contributed by atoms with van der Waals surface area (Å²) >= 11 is 0. The number of nitrogen functional groups attached to an aromatic ring is 2. The number of hydrogen-bond donors (Lipinski definition) is 3. The van der Waals surface area contributed by atoms with E-state index in [4.69, 9.17) is 11.6 Å². The van der Waals surface area contributed by atoms with Crippen LogP contribution in [0.15, 0.2) is 6.20 Å². The summed E-state index contributed by atoms with van der Waals surface area (Å²) in [6.45, 7) is 8.01. The molecule has 80 valence electrons. The molecule has 0 amide bonds. The number of nitrogens with two attached hydrogens (primary N) is 2. The van der Waals surface area contributed by atoms with Crippen LogP contribution in [0.1, 0.15) is 39.4 Å². The first-order valence-electron chi connectivity index (χ1n) is 4.74. The van der Waals surface area contributed by atoms with Crippen molar-refractivity contribution in [3.8, 4) is 0 Å². The molecule has 0 aliphatic heterocycles. The SMILES string of the molecule is CC.CC(C)c1ncc(N)c(NN)n1. The fourth-order valence-electron chi connectivity index (χ4n) is 0.799. The molecule has 1 rings (SSSR count). The van der Waals surface area contributed by atoms with E-state index in [0.29, 0.717) is 11.5 Å². The molecule has 0 unspecified atom stereocenters.